The van der Waals surface area contributed by atoms with Gasteiger partial charge in [0, 0.05) is 50.4 Å². The van der Waals surface area contributed by atoms with Crippen LogP contribution in [0.4, 0.5) is 5.69 Å². The van der Waals surface area contributed by atoms with Crippen molar-refractivity contribution in [3.8, 4) is 11.1 Å². The SMILES string of the molecule is C[C@@](CCn1ccc(-c2ccc(N3CCC(CO)CC3)cc2)cc1=O)(C(=O)NO)S(C)(=O)=O. The molecule has 1 atom stereocenters. The number of pyridine rings is 1. The first kappa shape index (κ1) is 24.9. The van der Waals surface area contributed by atoms with E-state index >= 15 is 0 Å². The van der Waals surface area contributed by atoms with Gasteiger partial charge >= 0.3 is 0 Å². The molecule has 33 heavy (non-hydrogen) atoms. The van der Waals surface area contributed by atoms with Crippen molar-refractivity contribution in [3.05, 3.63) is 52.9 Å². The predicted octanol–water partition coefficient (Wildman–Crippen LogP) is 1.42. The topological polar surface area (TPSA) is 129 Å². The lowest BCUT2D eigenvalue weighted by molar-refractivity contribution is -0.131. The molecule has 0 saturated carbocycles. The van der Waals surface area contributed by atoms with Gasteiger partial charge in [-0.3, -0.25) is 14.8 Å². The van der Waals surface area contributed by atoms with Crippen LogP contribution in [0.25, 0.3) is 11.1 Å². The molecule has 1 aliphatic rings. The van der Waals surface area contributed by atoms with Crippen LogP contribution >= 0.6 is 0 Å². The maximum atomic E-state index is 12.6. The van der Waals surface area contributed by atoms with E-state index < -0.39 is 20.5 Å². The molecule has 0 spiro atoms. The van der Waals surface area contributed by atoms with Gasteiger partial charge in [0.2, 0.25) is 0 Å². The first-order valence-electron chi connectivity index (χ1n) is 10.9. The lowest BCUT2D eigenvalue weighted by atomic mass is 9.97. The molecule has 2 heterocycles. The monoisotopic (exact) mass is 477 g/mol. The summed E-state index contributed by atoms with van der Waals surface area (Å²) in [5.41, 5.74) is 3.81. The highest BCUT2D eigenvalue weighted by atomic mass is 32.2. The average Bonchev–Trinajstić information content (AvgIpc) is 2.82. The van der Waals surface area contributed by atoms with Crippen LogP contribution in [0.2, 0.25) is 0 Å². The fourth-order valence-electron chi connectivity index (χ4n) is 4.03. The molecule has 1 aliphatic heterocycles. The Labute approximate surface area is 193 Å². The standard InChI is InChI=1S/C23H31N3O6S/c1-23(22(29)24-30,33(2,31)32)10-14-26-13-9-19(15-21(26)28)18-3-5-20(6-4-18)25-11-7-17(16-27)8-12-25/h3-6,9,13,15,17,27,30H,7-8,10-12,14,16H2,1-2H3,(H,24,29)/t23-/m1/s1. The number of hydroxylamine groups is 1. The summed E-state index contributed by atoms with van der Waals surface area (Å²) < 4.78 is 23.7. The van der Waals surface area contributed by atoms with Crippen LogP contribution in [0.1, 0.15) is 26.2 Å². The highest BCUT2D eigenvalue weighted by Crippen LogP contribution is 2.26. The second kappa shape index (κ2) is 10.1. The van der Waals surface area contributed by atoms with Gasteiger partial charge in [-0.05, 0) is 61.4 Å². The summed E-state index contributed by atoms with van der Waals surface area (Å²) in [6.45, 7) is 3.27. The van der Waals surface area contributed by atoms with E-state index in [4.69, 9.17) is 5.21 Å². The molecule has 3 N–H and O–H groups in total. The number of anilines is 1. The first-order chi connectivity index (χ1) is 15.6. The Bertz CT molecular complexity index is 1140. The second-order valence-electron chi connectivity index (χ2n) is 8.80. The molecule has 0 radical (unpaired) electrons. The Hall–Kier alpha value is -2.69. The van der Waals surface area contributed by atoms with Crippen molar-refractivity contribution in [2.75, 3.05) is 30.9 Å². The predicted molar refractivity (Wildman–Crippen MR) is 126 cm³/mol. The number of benzene rings is 1. The van der Waals surface area contributed by atoms with E-state index in [9.17, 15) is 23.1 Å². The van der Waals surface area contributed by atoms with Crippen LogP contribution in [0.3, 0.4) is 0 Å². The molecule has 3 rings (SSSR count). The number of aryl methyl sites for hydroxylation is 1. The maximum absolute atomic E-state index is 12.6. The Morgan fingerprint density at radius 1 is 1.15 bits per heavy atom. The van der Waals surface area contributed by atoms with E-state index in [0.29, 0.717) is 5.92 Å². The van der Waals surface area contributed by atoms with E-state index in [0.717, 1.165) is 49.0 Å². The molecule has 10 heteroatoms. The van der Waals surface area contributed by atoms with Crippen LogP contribution < -0.4 is 15.9 Å². The van der Waals surface area contributed by atoms with Gasteiger partial charge in [-0.1, -0.05) is 12.1 Å². The zero-order valence-electron chi connectivity index (χ0n) is 18.9. The molecule has 2 aromatic rings. The van der Waals surface area contributed by atoms with Crippen molar-refractivity contribution in [2.24, 2.45) is 5.92 Å². The summed E-state index contributed by atoms with van der Waals surface area (Å²) in [6.07, 6.45) is 4.26. The number of piperidine rings is 1. The Morgan fingerprint density at radius 2 is 1.79 bits per heavy atom. The van der Waals surface area contributed by atoms with Gasteiger partial charge in [0.05, 0.1) is 0 Å². The minimum atomic E-state index is -3.83. The lowest BCUT2D eigenvalue weighted by Crippen LogP contribution is -2.49. The van der Waals surface area contributed by atoms with Crippen molar-refractivity contribution in [1.82, 2.24) is 10.0 Å². The quantitative estimate of drug-likeness (QED) is 0.387. The largest absolute Gasteiger partial charge is 0.396 e. The lowest BCUT2D eigenvalue weighted by Gasteiger charge is -2.33. The highest BCUT2D eigenvalue weighted by Gasteiger charge is 2.43. The highest BCUT2D eigenvalue weighted by molar-refractivity contribution is 7.92. The van der Waals surface area contributed by atoms with E-state index in [1.54, 1.807) is 12.3 Å². The van der Waals surface area contributed by atoms with Crippen LogP contribution in [-0.4, -0.2) is 59.9 Å². The fraction of sp³-hybridized carbons (Fsp3) is 0.478. The summed E-state index contributed by atoms with van der Waals surface area (Å²) in [7, 11) is -3.83. The zero-order chi connectivity index (χ0) is 24.2. The third kappa shape index (κ3) is 5.45. The normalized spacial score (nSPS) is 16.9. The molecule has 1 saturated heterocycles. The number of rotatable bonds is 8. The van der Waals surface area contributed by atoms with Crippen LogP contribution in [0.15, 0.2) is 47.4 Å². The minimum Gasteiger partial charge on any atom is -0.396 e. The number of hydrogen-bond donors (Lipinski definition) is 3. The summed E-state index contributed by atoms with van der Waals surface area (Å²) >= 11 is 0. The fourth-order valence-corrected chi connectivity index (χ4v) is 4.87. The van der Waals surface area contributed by atoms with Crippen LogP contribution in [0, 0.1) is 5.92 Å². The van der Waals surface area contributed by atoms with Crippen LogP contribution in [-0.2, 0) is 21.2 Å². The van der Waals surface area contributed by atoms with E-state index in [1.165, 1.54) is 23.0 Å². The first-order valence-corrected chi connectivity index (χ1v) is 12.8. The van der Waals surface area contributed by atoms with Gasteiger partial charge in [0.1, 0.15) is 0 Å². The number of sulfone groups is 1. The third-order valence-electron chi connectivity index (χ3n) is 6.66. The Morgan fingerprint density at radius 3 is 2.30 bits per heavy atom. The number of nitrogens with one attached hydrogen (secondary N) is 1. The number of carbonyl (C=O) groups is 1. The Kier molecular flexibility index (Phi) is 7.61. The third-order valence-corrected chi connectivity index (χ3v) is 8.69. The van der Waals surface area contributed by atoms with Crippen molar-refractivity contribution in [2.45, 2.75) is 37.5 Å². The number of hydrogen-bond acceptors (Lipinski definition) is 7. The van der Waals surface area contributed by atoms with E-state index in [-0.39, 0.29) is 25.1 Å². The molecule has 1 aromatic carbocycles. The summed E-state index contributed by atoms with van der Waals surface area (Å²) in [5.74, 6) is -0.657. The number of aliphatic hydroxyl groups excluding tert-OH is 1. The number of nitrogens with zero attached hydrogens (tertiary/aromatic N) is 2. The van der Waals surface area contributed by atoms with E-state index in [2.05, 4.69) is 4.90 Å². The molecule has 180 valence electrons. The van der Waals surface area contributed by atoms with Gasteiger partial charge in [-0.15, -0.1) is 0 Å². The number of aliphatic hydroxyl groups is 1. The van der Waals surface area contributed by atoms with Gasteiger partial charge < -0.3 is 14.6 Å². The summed E-state index contributed by atoms with van der Waals surface area (Å²) in [5, 5.41) is 18.2. The van der Waals surface area contributed by atoms with Crippen molar-refractivity contribution < 1.29 is 23.5 Å². The van der Waals surface area contributed by atoms with Crippen molar-refractivity contribution >= 4 is 21.4 Å². The van der Waals surface area contributed by atoms with Crippen LogP contribution in [0.5, 0.6) is 0 Å². The second-order valence-corrected chi connectivity index (χ2v) is 11.2. The molecule has 1 aromatic heterocycles. The zero-order valence-corrected chi connectivity index (χ0v) is 19.7. The smallest absolute Gasteiger partial charge is 0.264 e. The molecule has 9 nitrogen and oxygen atoms in total. The van der Waals surface area contributed by atoms with Gasteiger partial charge in [0.25, 0.3) is 11.5 Å². The van der Waals surface area contributed by atoms with Gasteiger partial charge in [0.15, 0.2) is 14.6 Å². The summed E-state index contributed by atoms with van der Waals surface area (Å²) in [4.78, 5) is 26.9. The minimum absolute atomic E-state index is 0.00116. The van der Waals surface area contributed by atoms with Crippen molar-refractivity contribution in [3.63, 3.8) is 0 Å². The van der Waals surface area contributed by atoms with Crippen molar-refractivity contribution in [1.29, 1.82) is 0 Å². The molecular weight excluding hydrogens is 446 g/mol. The summed E-state index contributed by atoms with van der Waals surface area (Å²) in [6, 6.07) is 11.2. The molecule has 0 unspecified atom stereocenters. The maximum Gasteiger partial charge on any atom is 0.264 e. The Balaban J connectivity index is 1.72. The van der Waals surface area contributed by atoms with Gasteiger partial charge in [-0.2, -0.15) is 0 Å². The number of carbonyl (C=O) groups excluding carboxylic acids is 1. The molecular formula is C23H31N3O6S. The molecule has 0 aliphatic carbocycles. The molecule has 1 amide bonds. The molecule has 1 fully saturated rings. The van der Waals surface area contributed by atoms with Gasteiger partial charge in [-0.25, -0.2) is 13.9 Å². The number of amides is 1. The number of aromatic nitrogens is 1. The van der Waals surface area contributed by atoms with E-state index in [1.807, 2.05) is 24.3 Å². The molecule has 0 bridgehead atoms. The average molecular weight is 478 g/mol.